The summed E-state index contributed by atoms with van der Waals surface area (Å²) < 4.78 is 11.0. The fourth-order valence-electron chi connectivity index (χ4n) is 7.58. The van der Waals surface area contributed by atoms with Crippen LogP contribution in [0.25, 0.3) is 104 Å². The van der Waals surface area contributed by atoms with E-state index in [2.05, 4.69) is 132 Å². The van der Waals surface area contributed by atoms with E-state index in [1.54, 1.807) is 11.3 Å². The minimum absolute atomic E-state index is 0.636. The lowest BCUT2D eigenvalue weighted by Gasteiger charge is -2.11. The second-order valence-corrected chi connectivity index (χ2v) is 13.8. The van der Waals surface area contributed by atoms with Crippen LogP contribution >= 0.6 is 11.3 Å². The largest absolute Gasteiger partial charge is 0.456 e. The predicted molar refractivity (Wildman–Crippen MR) is 211 cm³/mol. The molecule has 6 heteroatoms. The van der Waals surface area contributed by atoms with E-state index < -0.39 is 0 Å². The van der Waals surface area contributed by atoms with Crippen molar-refractivity contribution in [2.24, 2.45) is 0 Å². The third-order valence-corrected chi connectivity index (χ3v) is 11.1. The Morgan fingerprint density at radius 2 is 1.10 bits per heavy atom. The van der Waals surface area contributed by atoms with E-state index in [1.807, 2.05) is 30.3 Å². The van der Waals surface area contributed by atoms with Gasteiger partial charge in [0.25, 0.3) is 0 Å². The van der Waals surface area contributed by atoms with E-state index in [1.165, 1.54) is 30.9 Å². The first-order valence-corrected chi connectivity index (χ1v) is 17.8. The summed E-state index contributed by atoms with van der Waals surface area (Å²) in [6, 6.07) is 54.8. The van der Waals surface area contributed by atoms with Gasteiger partial charge in [0.05, 0.1) is 11.0 Å². The second kappa shape index (κ2) is 10.9. The molecule has 0 fully saturated rings. The number of benzene rings is 7. The van der Waals surface area contributed by atoms with Crippen LogP contribution < -0.4 is 0 Å². The highest BCUT2D eigenvalue weighted by atomic mass is 32.1. The van der Waals surface area contributed by atoms with Gasteiger partial charge in [-0.3, -0.25) is 0 Å². The van der Waals surface area contributed by atoms with Crippen LogP contribution in [0.1, 0.15) is 0 Å². The third kappa shape index (κ3) is 4.30. The van der Waals surface area contributed by atoms with Gasteiger partial charge in [0.15, 0.2) is 17.5 Å². The van der Waals surface area contributed by atoms with Gasteiger partial charge in [-0.25, -0.2) is 15.0 Å². The molecule has 0 saturated carbocycles. The third-order valence-electron chi connectivity index (χ3n) is 9.87. The normalized spacial score (nSPS) is 11.9. The highest BCUT2D eigenvalue weighted by Gasteiger charge is 2.20. The Morgan fingerprint density at radius 1 is 0.431 bits per heavy atom. The van der Waals surface area contributed by atoms with E-state index in [9.17, 15) is 0 Å². The van der Waals surface area contributed by atoms with Crippen LogP contribution in [0.5, 0.6) is 0 Å². The minimum Gasteiger partial charge on any atom is -0.456 e. The zero-order valence-electron chi connectivity index (χ0n) is 27.1. The molecule has 0 aliphatic heterocycles. The molecular weight excluding hydrogens is 645 g/mol. The van der Waals surface area contributed by atoms with Gasteiger partial charge in [0.1, 0.15) is 11.2 Å². The molecule has 0 spiro atoms. The van der Waals surface area contributed by atoms with Crippen LogP contribution in [0.2, 0.25) is 0 Å². The van der Waals surface area contributed by atoms with Crippen molar-refractivity contribution in [2.75, 3.05) is 0 Å². The molecule has 5 nitrogen and oxygen atoms in total. The van der Waals surface area contributed by atoms with Gasteiger partial charge >= 0.3 is 0 Å². The van der Waals surface area contributed by atoms with E-state index >= 15 is 0 Å². The number of hydrogen-bond acceptors (Lipinski definition) is 5. The summed E-state index contributed by atoms with van der Waals surface area (Å²) in [6.45, 7) is 0. The highest BCUT2D eigenvalue weighted by molar-refractivity contribution is 7.26. The molecule has 0 N–H and O–H groups in total. The Labute approximate surface area is 295 Å². The first-order chi connectivity index (χ1) is 25.3. The zero-order valence-corrected chi connectivity index (χ0v) is 27.9. The maximum absolute atomic E-state index is 6.28. The molecule has 238 valence electrons. The lowest BCUT2D eigenvalue weighted by Crippen LogP contribution is -2.00. The molecule has 4 heterocycles. The minimum atomic E-state index is 0.636. The molecule has 0 saturated heterocycles. The first kappa shape index (κ1) is 28.2. The summed E-state index contributed by atoms with van der Waals surface area (Å²) in [6.07, 6.45) is 0. The number of aromatic nitrogens is 4. The zero-order chi connectivity index (χ0) is 33.5. The van der Waals surface area contributed by atoms with Crippen LogP contribution in [0.4, 0.5) is 0 Å². The molecule has 0 atom stereocenters. The first-order valence-electron chi connectivity index (χ1n) is 16.9. The summed E-state index contributed by atoms with van der Waals surface area (Å²) in [7, 11) is 0. The number of furan rings is 1. The summed E-state index contributed by atoms with van der Waals surface area (Å²) >= 11 is 1.78. The van der Waals surface area contributed by atoms with E-state index in [0.29, 0.717) is 17.5 Å². The Hall–Kier alpha value is -6.63. The van der Waals surface area contributed by atoms with Gasteiger partial charge in [-0.15, -0.1) is 11.3 Å². The van der Waals surface area contributed by atoms with Crippen molar-refractivity contribution in [3.05, 3.63) is 158 Å². The number of thiophene rings is 1. The molecule has 4 aromatic heterocycles. The fourth-order valence-corrected chi connectivity index (χ4v) is 8.79. The van der Waals surface area contributed by atoms with Crippen LogP contribution in [0, 0.1) is 0 Å². The van der Waals surface area contributed by atoms with Crippen LogP contribution in [0.15, 0.2) is 162 Å². The van der Waals surface area contributed by atoms with Crippen molar-refractivity contribution in [1.29, 1.82) is 0 Å². The van der Waals surface area contributed by atoms with Crippen molar-refractivity contribution >= 4 is 75.3 Å². The Morgan fingerprint density at radius 3 is 1.94 bits per heavy atom. The van der Waals surface area contributed by atoms with Crippen molar-refractivity contribution < 1.29 is 4.42 Å². The molecule has 0 aliphatic rings. The summed E-state index contributed by atoms with van der Waals surface area (Å²) in [5.41, 5.74) is 8.01. The second-order valence-electron chi connectivity index (χ2n) is 12.8. The number of fused-ring (bicyclic) bond motifs is 10. The van der Waals surface area contributed by atoms with Gasteiger partial charge in [0, 0.05) is 64.1 Å². The molecule has 0 bridgehead atoms. The van der Waals surface area contributed by atoms with Crippen molar-refractivity contribution in [1.82, 2.24) is 19.5 Å². The fraction of sp³-hybridized carbons (Fsp3) is 0. The Balaban J connectivity index is 1.09. The maximum atomic E-state index is 6.28. The van der Waals surface area contributed by atoms with Crippen molar-refractivity contribution in [3.63, 3.8) is 0 Å². The molecule has 7 aromatic carbocycles. The quantitative estimate of drug-likeness (QED) is 0.187. The van der Waals surface area contributed by atoms with Gasteiger partial charge in [0.2, 0.25) is 0 Å². The molecule has 0 aliphatic carbocycles. The summed E-state index contributed by atoms with van der Waals surface area (Å²) in [5.74, 6) is 1.95. The van der Waals surface area contributed by atoms with E-state index in [0.717, 1.165) is 55.3 Å². The molecule has 0 amide bonds. The number of rotatable bonds is 4. The molecule has 11 aromatic rings. The Bertz CT molecular complexity index is 3140. The van der Waals surface area contributed by atoms with Gasteiger partial charge in [-0.2, -0.15) is 0 Å². The average molecular weight is 671 g/mol. The average Bonchev–Trinajstić information content (AvgIpc) is 3.87. The standard InChI is InChI=1S/C45H26N4OS/c1-2-11-27(12-3-1)43-46-44(48-45(47-43)34-17-10-16-31-30-13-6-9-20-39(30)51-42(31)34)28-21-23-29(24-22-28)49-35-18-7-4-14-32(35)40-36(49)25-26-38-41(40)33-15-5-8-19-37(33)50-38/h1-26H. The SMILES string of the molecule is c1ccc(-c2nc(-c3ccc(-n4c5ccccc5c5c6c(ccc54)oc4ccccc46)cc3)nc(-c3cccc4c3sc3ccccc34)n2)cc1. The molecular formula is C45H26N4OS. The van der Waals surface area contributed by atoms with Crippen LogP contribution in [-0.4, -0.2) is 19.5 Å². The monoisotopic (exact) mass is 670 g/mol. The molecule has 0 radical (unpaired) electrons. The number of para-hydroxylation sites is 2. The molecule has 51 heavy (non-hydrogen) atoms. The van der Waals surface area contributed by atoms with Gasteiger partial charge in [-0.1, -0.05) is 97.1 Å². The smallest absolute Gasteiger partial charge is 0.165 e. The predicted octanol–water partition coefficient (Wildman–Crippen LogP) is 12.2. The molecule has 0 unspecified atom stereocenters. The number of nitrogens with zero attached hydrogens (tertiary/aromatic N) is 4. The highest BCUT2D eigenvalue weighted by Crippen LogP contribution is 2.42. The van der Waals surface area contributed by atoms with Gasteiger partial charge < -0.3 is 8.98 Å². The van der Waals surface area contributed by atoms with Crippen LogP contribution in [-0.2, 0) is 0 Å². The number of hydrogen-bond donors (Lipinski definition) is 0. The summed E-state index contributed by atoms with van der Waals surface area (Å²) in [5, 5.41) is 7.13. The van der Waals surface area contributed by atoms with Gasteiger partial charge in [-0.05, 0) is 60.7 Å². The maximum Gasteiger partial charge on any atom is 0.165 e. The lowest BCUT2D eigenvalue weighted by molar-refractivity contribution is 0.669. The lowest BCUT2D eigenvalue weighted by atomic mass is 10.1. The van der Waals surface area contributed by atoms with Crippen molar-refractivity contribution in [3.8, 4) is 39.9 Å². The Kier molecular flexibility index (Phi) is 6.05. The molecule has 11 rings (SSSR count). The topological polar surface area (TPSA) is 56.7 Å². The van der Waals surface area contributed by atoms with E-state index in [-0.39, 0.29) is 0 Å². The van der Waals surface area contributed by atoms with E-state index in [4.69, 9.17) is 19.4 Å². The summed E-state index contributed by atoms with van der Waals surface area (Å²) in [4.78, 5) is 15.2. The van der Waals surface area contributed by atoms with Crippen molar-refractivity contribution in [2.45, 2.75) is 0 Å². The van der Waals surface area contributed by atoms with Crippen LogP contribution in [0.3, 0.4) is 0 Å².